The van der Waals surface area contributed by atoms with Crippen LogP contribution in [-0.2, 0) is 0 Å². The van der Waals surface area contributed by atoms with Gasteiger partial charge in [-0.15, -0.1) is 11.3 Å². The molecular weight excluding hydrogens is 452 g/mol. The number of hydrogen-bond donors (Lipinski definition) is 1. The van der Waals surface area contributed by atoms with E-state index in [0.717, 1.165) is 16.5 Å². The molecule has 0 fully saturated rings. The number of nitriles is 1. The Morgan fingerprint density at radius 1 is 1.09 bits per heavy atom. The number of allylic oxidation sites excluding steroid dienone is 1. The fourth-order valence-corrected chi connectivity index (χ4v) is 4.29. The largest absolute Gasteiger partial charge is 0.422 e. The van der Waals surface area contributed by atoms with Crippen molar-refractivity contribution >= 4 is 50.0 Å². The Bertz CT molecular complexity index is 1710. The van der Waals surface area contributed by atoms with Gasteiger partial charge < -0.3 is 9.73 Å². The van der Waals surface area contributed by atoms with Crippen molar-refractivity contribution in [3.63, 3.8) is 0 Å². The Hall–Kier alpha value is -4.81. The molecular formula is C25H14N4O4S. The summed E-state index contributed by atoms with van der Waals surface area (Å²) >= 11 is 1.21. The highest BCUT2D eigenvalue weighted by atomic mass is 32.1. The summed E-state index contributed by atoms with van der Waals surface area (Å²) in [7, 11) is 0. The predicted molar refractivity (Wildman–Crippen MR) is 131 cm³/mol. The molecule has 2 aromatic heterocycles. The van der Waals surface area contributed by atoms with E-state index in [0.29, 0.717) is 21.7 Å². The molecule has 0 saturated heterocycles. The summed E-state index contributed by atoms with van der Waals surface area (Å²) in [5.74, 6) is 0. The van der Waals surface area contributed by atoms with Crippen LogP contribution >= 0.6 is 11.3 Å². The third-order valence-electron chi connectivity index (χ3n) is 5.19. The summed E-state index contributed by atoms with van der Waals surface area (Å²) in [6.07, 6.45) is 1.57. The molecule has 0 unspecified atom stereocenters. The SMILES string of the molecule is N#CC(=CNc1ccc2ccccc2c1)c1nc(-c2cc3cc([N+](=O)[O-])ccc3oc2=O)cs1. The minimum Gasteiger partial charge on any atom is -0.422 e. The first kappa shape index (κ1) is 21.1. The molecule has 5 aromatic rings. The van der Waals surface area contributed by atoms with E-state index in [4.69, 9.17) is 4.42 Å². The van der Waals surface area contributed by atoms with E-state index in [1.165, 1.54) is 35.6 Å². The van der Waals surface area contributed by atoms with E-state index in [2.05, 4.69) is 16.4 Å². The van der Waals surface area contributed by atoms with Gasteiger partial charge in [0.05, 0.1) is 16.2 Å². The number of hydrogen-bond acceptors (Lipinski definition) is 8. The maximum absolute atomic E-state index is 12.5. The molecule has 0 aliphatic carbocycles. The van der Waals surface area contributed by atoms with Gasteiger partial charge in [0.25, 0.3) is 5.69 Å². The zero-order chi connectivity index (χ0) is 23.7. The van der Waals surface area contributed by atoms with Crippen LogP contribution in [0.25, 0.3) is 38.6 Å². The smallest absolute Gasteiger partial charge is 0.345 e. The number of nitrogens with zero attached hydrogens (tertiary/aromatic N) is 3. The number of thiazole rings is 1. The Kier molecular flexibility index (Phi) is 5.33. The predicted octanol–water partition coefficient (Wildman–Crippen LogP) is 5.95. The van der Waals surface area contributed by atoms with Crippen LogP contribution in [0.4, 0.5) is 11.4 Å². The molecule has 164 valence electrons. The Morgan fingerprint density at radius 3 is 2.71 bits per heavy atom. The van der Waals surface area contributed by atoms with Crippen molar-refractivity contribution in [1.82, 2.24) is 4.98 Å². The van der Waals surface area contributed by atoms with Crippen LogP contribution in [0.3, 0.4) is 0 Å². The van der Waals surface area contributed by atoms with Crippen molar-refractivity contribution in [2.24, 2.45) is 0 Å². The number of fused-ring (bicyclic) bond motifs is 2. The van der Waals surface area contributed by atoms with Crippen LogP contribution in [-0.4, -0.2) is 9.91 Å². The molecule has 0 aliphatic heterocycles. The van der Waals surface area contributed by atoms with Crippen LogP contribution < -0.4 is 10.9 Å². The molecule has 34 heavy (non-hydrogen) atoms. The molecule has 8 nitrogen and oxygen atoms in total. The lowest BCUT2D eigenvalue weighted by atomic mass is 10.1. The van der Waals surface area contributed by atoms with Crippen LogP contribution in [0.15, 0.2) is 87.5 Å². The second kappa shape index (κ2) is 8.61. The van der Waals surface area contributed by atoms with Gasteiger partial charge in [-0.05, 0) is 35.0 Å². The van der Waals surface area contributed by atoms with Crippen LogP contribution in [0, 0.1) is 21.4 Å². The summed E-state index contributed by atoms with van der Waals surface area (Å²) in [6, 6.07) is 21.5. The van der Waals surface area contributed by atoms with E-state index in [9.17, 15) is 20.2 Å². The highest BCUT2D eigenvalue weighted by Gasteiger charge is 2.15. The topological polar surface area (TPSA) is 122 Å². The maximum atomic E-state index is 12.5. The summed E-state index contributed by atoms with van der Waals surface area (Å²) in [4.78, 5) is 27.5. The molecule has 9 heteroatoms. The summed E-state index contributed by atoms with van der Waals surface area (Å²) in [5, 5.41) is 28.5. The van der Waals surface area contributed by atoms with E-state index in [-0.39, 0.29) is 16.8 Å². The van der Waals surface area contributed by atoms with Gasteiger partial charge in [-0.2, -0.15) is 5.26 Å². The summed E-state index contributed by atoms with van der Waals surface area (Å²) in [6.45, 7) is 0. The normalized spacial score (nSPS) is 11.4. The van der Waals surface area contributed by atoms with Crippen molar-refractivity contribution in [3.8, 4) is 17.3 Å². The number of aromatic nitrogens is 1. The molecule has 0 saturated carbocycles. The Labute approximate surface area is 196 Å². The molecule has 1 N–H and O–H groups in total. The second-order valence-electron chi connectivity index (χ2n) is 7.34. The highest BCUT2D eigenvalue weighted by Crippen LogP contribution is 2.28. The molecule has 0 bridgehead atoms. The van der Waals surface area contributed by atoms with E-state index in [1.807, 2.05) is 42.5 Å². The molecule has 0 spiro atoms. The van der Waals surface area contributed by atoms with E-state index in [1.54, 1.807) is 11.6 Å². The minimum absolute atomic E-state index is 0.110. The number of rotatable bonds is 5. The second-order valence-corrected chi connectivity index (χ2v) is 8.20. The first-order chi connectivity index (χ1) is 16.5. The number of nitrogens with one attached hydrogen (secondary N) is 1. The minimum atomic E-state index is -0.616. The first-order valence-corrected chi connectivity index (χ1v) is 10.9. The van der Waals surface area contributed by atoms with Gasteiger partial charge in [-0.25, -0.2) is 9.78 Å². The van der Waals surface area contributed by atoms with Crippen molar-refractivity contribution in [2.45, 2.75) is 0 Å². The molecule has 0 amide bonds. The summed E-state index contributed by atoms with van der Waals surface area (Å²) in [5.41, 5.74) is 1.12. The zero-order valence-corrected chi connectivity index (χ0v) is 18.2. The van der Waals surface area contributed by atoms with Crippen LogP contribution in [0.5, 0.6) is 0 Å². The first-order valence-electron chi connectivity index (χ1n) is 10.1. The third-order valence-corrected chi connectivity index (χ3v) is 6.07. The lowest BCUT2D eigenvalue weighted by Gasteiger charge is -2.04. The zero-order valence-electron chi connectivity index (χ0n) is 17.4. The van der Waals surface area contributed by atoms with Gasteiger partial charge in [0, 0.05) is 34.8 Å². The average molecular weight is 466 g/mol. The van der Waals surface area contributed by atoms with Crippen molar-refractivity contribution in [3.05, 3.63) is 104 Å². The molecule has 0 aliphatic rings. The molecule has 0 atom stereocenters. The fraction of sp³-hybridized carbons (Fsp3) is 0. The molecule has 0 radical (unpaired) electrons. The van der Waals surface area contributed by atoms with Gasteiger partial charge in [-0.1, -0.05) is 30.3 Å². The number of anilines is 1. The lowest BCUT2D eigenvalue weighted by Crippen LogP contribution is -2.03. The Balaban J connectivity index is 1.46. The average Bonchev–Trinajstić information content (AvgIpc) is 3.33. The number of non-ortho nitro benzene ring substituents is 1. The number of nitro benzene ring substituents is 1. The van der Waals surface area contributed by atoms with E-state index < -0.39 is 10.5 Å². The van der Waals surface area contributed by atoms with Crippen molar-refractivity contribution < 1.29 is 9.34 Å². The quantitative estimate of drug-likeness (QED) is 0.147. The molecule has 5 rings (SSSR count). The van der Waals surface area contributed by atoms with Crippen LogP contribution in [0.1, 0.15) is 5.01 Å². The van der Waals surface area contributed by atoms with Gasteiger partial charge in [0.15, 0.2) is 0 Å². The Morgan fingerprint density at radius 2 is 1.91 bits per heavy atom. The number of nitro groups is 1. The van der Waals surface area contributed by atoms with Gasteiger partial charge in [0.1, 0.15) is 22.2 Å². The molecule has 2 heterocycles. The van der Waals surface area contributed by atoms with Gasteiger partial charge >= 0.3 is 5.63 Å². The number of benzene rings is 3. The highest BCUT2D eigenvalue weighted by molar-refractivity contribution is 7.11. The fourth-order valence-electron chi connectivity index (χ4n) is 3.50. The molecule has 3 aromatic carbocycles. The van der Waals surface area contributed by atoms with E-state index >= 15 is 0 Å². The van der Waals surface area contributed by atoms with Gasteiger partial charge in [0.2, 0.25) is 0 Å². The van der Waals surface area contributed by atoms with Gasteiger partial charge in [-0.3, -0.25) is 10.1 Å². The monoisotopic (exact) mass is 466 g/mol. The third kappa shape index (κ3) is 4.01. The van der Waals surface area contributed by atoms with Crippen molar-refractivity contribution in [2.75, 3.05) is 5.32 Å². The van der Waals surface area contributed by atoms with Crippen molar-refractivity contribution in [1.29, 1.82) is 5.26 Å². The summed E-state index contributed by atoms with van der Waals surface area (Å²) < 4.78 is 5.31. The lowest BCUT2D eigenvalue weighted by molar-refractivity contribution is -0.384. The standard InChI is InChI=1S/C25H14N4O4S/c26-12-18(13-27-19-6-5-15-3-1-2-4-16(15)9-19)24-28-22(14-34-24)21-11-17-10-20(29(31)32)7-8-23(17)33-25(21)30/h1-11,13-14,27H. The maximum Gasteiger partial charge on any atom is 0.345 e. The van der Waals surface area contributed by atoms with Crippen LogP contribution in [0.2, 0.25) is 0 Å².